The number of phenols is 2. The molecule has 57 heavy (non-hydrogen) atoms. The number of Topliss-reactive ketones (excluding diaryl/α,β-unsaturated/α-hetero) is 1. The summed E-state index contributed by atoms with van der Waals surface area (Å²) in [5.41, 5.74) is 2.18. The molecule has 4 aromatic rings. The number of hydrogen-bond acceptors (Lipinski definition) is 12. The van der Waals surface area contributed by atoms with Gasteiger partial charge in [-0.3, -0.25) is 18.8 Å². The maximum Gasteiger partial charge on any atom is 0.312 e. The number of aliphatic hydroxyl groups excluding tert-OH is 2. The molecular formula is C43H51N3O11. The molecule has 14 nitrogen and oxygen atoms in total. The number of imidazole rings is 1. The number of rotatable bonds is 2. The van der Waals surface area contributed by atoms with E-state index in [-0.39, 0.29) is 55.7 Å². The van der Waals surface area contributed by atoms with E-state index in [1.165, 1.54) is 40.2 Å². The number of ketones is 1. The van der Waals surface area contributed by atoms with E-state index in [0.29, 0.717) is 5.65 Å². The molecule has 4 bridgehead atoms. The van der Waals surface area contributed by atoms with Crippen LogP contribution in [0, 0.1) is 37.5 Å². The van der Waals surface area contributed by atoms with Crippen molar-refractivity contribution in [3.8, 4) is 17.2 Å². The van der Waals surface area contributed by atoms with Crippen LogP contribution in [0.25, 0.3) is 27.5 Å². The van der Waals surface area contributed by atoms with Crippen molar-refractivity contribution in [2.75, 3.05) is 12.4 Å². The molecule has 2 aliphatic heterocycles. The summed E-state index contributed by atoms with van der Waals surface area (Å²) in [6.07, 6.45) is 5.62. The number of nitrogens with one attached hydrogen (secondary N) is 1. The predicted octanol–water partition coefficient (Wildman–Crippen LogP) is 6.16. The van der Waals surface area contributed by atoms with Crippen LogP contribution in [0.5, 0.6) is 17.2 Å². The Labute approximate surface area is 330 Å². The number of pyridine rings is 1. The third-order valence-corrected chi connectivity index (χ3v) is 11.5. The van der Waals surface area contributed by atoms with Crippen LogP contribution in [0.3, 0.4) is 0 Å². The summed E-state index contributed by atoms with van der Waals surface area (Å²) < 4.78 is 25.5. The highest BCUT2D eigenvalue weighted by Gasteiger charge is 2.50. The third kappa shape index (κ3) is 7.10. The summed E-state index contributed by atoms with van der Waals surface area (Å²) in [5, 5.41) is 49.4. The van der Waals surface area contributed by atoms with Gasteiger partial charge in [0.15, 0.2) is 5.75 Å². The lowest BCUT2D eigenvalue weighted by Crippen LogP contribution is -2.46. The summed E-state index contributed by atoms with van der Waals surface area (Å²) in [6.45, 7) is 14.7. The maximum atomic E-state index is 14.6. The van der Waals surface area contributed by atoms with Gasteiger partial charge in [0.2, 0.25) is 0 Å². The van der Waals surface area contributed by atoms with Crippen LogP contribution in [0.2, 0.25) is 0 Å². The Hall–Kier alpha value is -5.44. The van der Waals surface area contributed by atoms with E-state index in [0.717, 1.165) is 5.56 Å². The number of benzene rings is 2. The molecule has 9 atom stereocenters. The second-order valence-corrected chi connectivity index (χ2v) is 15.6. The number of esters is 1. The van der Waals surface area contributed by atoms with Crippen molar-refractivity contribution in [1.82, 2.24) is 9.38 Å². The Morgan fingerprint density at radius 1 is 0.982 bits per heavy atom. The zero-order chi connectivity index (χ0) is 41.8. The highest BCUT2D eigenvalue weighted by Crippen LogP contribution is 2.54. The van der Waals surface area contributed by atoms with E-state index < -0.39 is 77.3 Å². The largest absolute Gasteiger partial charge is 0.507 e. The summed E-state index contributed by atoms with van der Waals surface area (Å²) in [6, 6.07) is 3.64. The fraction of sp³-hybridized carbons (Fsp3) is 0.442. The Bertz CT molecular complexity index is 2380. The lowest BCUT2D eigenvalue weighted by Gasteiger charge is -2.38. The monoisotopic (exact) mass is 785 g/mol. The molecule has 0 saturated heterocycles. The number of anilines is 1. The van der Waals surface area contributed by atoms with Gasteiger partial charge in [0.1, 0.15) is 40.0 Å². The topological polar surface area (TPSA) is 198 Å². The van der Waals surface area contributed by atoms with Crippen molar-refractivity contribution >= 4 is 50.8 Å². The van der Waals surface area contributed by atoms with E-state index in [9.17, 15) is 34.8 Å². The molecule has 14 heteroatoms. The number of aromatic hydroxyl groups is 2. The quantitative estimate of drug-likeness (QED) is 0.115. The normalized spacial score (nSPS) is 29.9. The van der Waals surface area contributed by atoms with Crippen LogP contribution in [-0.4, -0.2) is 84.8 Å². The molecule has 0 radical (unpaired) electrons. The van der Waals surface area contributed by atoms with Crippen LogP contribution in [0.4, 0.5) is 5.69 Å². The summed E-state index contributed by atoms with van der Waals surface area (Å²) in [5.74, 6) is -6.96. The lowest BCUT2D eigenvalue weighted by molar-refractivity contribution is -0.160. The number of aromatic nitrogens is 2. The van der Waals surface area contributed by atoms with Gasteiger partial charge < -0.3 is 44.7 Å². The first-order valence-electron chi connectivity index (χ1n) is 19.0. The standard InChI is InChI=1S/C43H51N3O11/c1-19-14-16-46-28(18-19)44-32-29-30-37(50)25(7)40-31(29)41(52)43(9,57-40)55-17-15-27(54-10)22(4)39(56-26(8)47)24(6)36(49)23(5)35(48)20(2)12-11-13-21(3)42(53)45-33(34(32)46)38(30)51/h11-18,20,22-24,27,35-36,39,48-51H,1-10H3,(H,45,53)/b12-11+,17-15+,21-13?. The number of allylic oxidation sites excluding steroid dienone is 2. The summed E-state index contributed by atoms with van der Waals surface area (Å²) in [7, 11) is 1.46. The number of phenolic OH excluding ortho intramolecular Hbond substituents is 2. The molecule has 6 rings (SSSR count). The highest BCUT2D eigenvalue weighted by atomic mass is 16.7. The number of nitrogens with zero attached hydrogens (tertiary/aromatic N) is 2. The van der Waals surface area contributed by atoms with Crippen LogP contribution in [0.1, 0.15) is 70.0 Å². The minimum absolute atomic E-state index is 0.0185. The van der Waals surface area contributed by atoms with Crippen molar-refractivity contribution in [3.05, 3.63) is 71.2 Å². The lowest BCUT2D eigenvalue weighted by atomic mass is 9.78. The minimum atomic E-state index is -1.96. The van der Waals surface area contributed by atoms with Gasteiger partial charge >= 0.3 is 11.8 Å². The molecule has 2 aromatic carbocycles. The van der Waals surface area contributed by atoms with Gasteiger partial charge in [-0.2, -0.15) is 0 Å². The molecular weight excluding hydrogens is 734 g/mol. The highest BCUT2D eigenvalue weighted by molar-refractivity contribution is 6.28. The number of amides is 1. The van der Waals surface area contributed by atoms with Gasteiger partial charge in [0.05, 0.1) is 35.5 Å². The van der Waals surface area contributed by atoms with Crippen LogP contribution in [0.15, 0.2) is 54.5 Å². The Morgan fingerprint density at radius 2 is 1.68 bits per heavy atom. The van der Waals surface area contributed by atoms with Crippen molar-refractivity contribution in [1.29, 1.82) is 0 Å². The van der Waals surface area contributed by atoms with Gasteiger partial charge in [-0.05, 0) is 44.5 Å². The molecule has 9 unspecified atom stereocenters. The Balaban J connectivity index is 1.58. The number of hydrogen-bond donors (Lipinski definition) is 5. The van der Waals surface area contributed by atoms with Crippen molar-refractivity contribution in [2.24, 2.45) is 23.7 Å². The first-order valence-corrected chi connectivity index (χ1v) is 19.0. The molecule has 5 N–H and O–H groups in total. The van der Waals surface area contributed by atoms with Gasteiger partial charge in [-0.15, -0.1) is 0 Å². The van der Waals surface area contributed by atoms with Gasteiger partial charge in [-0.25, -0.2) is 4.98 Å². The van der Waals surface area contributed by atoms with E-state index in [2.05, 4.69) is 5.32 Å². The number of ether oxygens (including phenoxy) is 4. The number of carbonyl (C=O) groups is 3. The first-order chi connectivity index (χ1) is 26.8. The molecule has 0 saturated carbocycles. The Kier molecular flexibility index (Phi) is 11.2. The van der Waals surface area contributed by atoms with E-state index in [1.54, 1.807) is 63.4 Å². The predicted molar refractivity (Wildman–Crippen MR) is 213 cm³/mol. The van der Waals surface area contributed by atoms with Gasteiger partial charge in [0.25, 0.3) is 11.7 Å². The Morgan fingerprint density at radius 3 is 2.35 bits per heavy atom. The average Bonchev–Trinajstić information content (AvgIpc) is 3.67. The average molecular weight is 786 g/mol. The first kappa shape index (κ1) is 41.2. The van der Waals surface area contributed by atoms with Crippen molar-refractivity contribution < 1.29 is 53.8 Å². The fourth-order valence-electron chi connectivity index (χ4n) is 8.03. The minimum Gasteiger partial charge on any atom is -0.507 e. The molecule has 2 aromatic heterocycles. The molecule has 304 valence electrons. The maximum absolute atomic E-state index is 14.6. The number of aliphatic hydroxyl groups is 2. The van der Waals surface area contributed by atoms with Crippen LogP contribution >= 0.6 is 0 Å². The second-order valence-electron chi connectivity index (χ2n) is 15.6. The van der Waals surface area contributed by atoms with E-state index in [4.69, 9.17) is 23.9 Å². The summed E-state index contributed by atoms with van der Waals surface area (Å²) >= 11 is 0. The molecule has 0 fully saturated rings. The second kappa shape index (κ2) is 15.5. The van der Waals surface area contributed by atoms with Crippen molar-refractivity contribution in [3.63, 3.8) is 0 Å². The molecule has 0 spiro atoms. The van der Waals surface area contributed by atoms with Crippen LogP contribution in [-0.2, 0) is 23.8 Å². The van der Waals surface area contributed by atoms with Crippen molar-refractivity contribution in [2.45, 2.75) is 92.5 Å². The molecule has 4 heterocycles. The number of fused-ring (bicyclic) bond motifs is 2. The number of methoxy groups -OCH3 is 1. The number of carbonyl (C=O) groups excluding carboxylic acids is 3. The van der Waals surface area contributed by atoms with Gasteiger partial charge in [-0.1, -0.05) is 45.9 Å². The smallest absolute Gasteiger partial charge is 0.312 e. The molecule has 2 aliphatic rings. The number of aryl methyl sites for hydroxylation is 1. The van der Waals surface area contributed by atoms with E-state index >= 15 is 0 Å². The zero-order valence-corrected chi connectivity index (χ0v) is 33.8. The fourth-order valence-corrected chi connectivity index (χ4v) is 8.03. The molecule has 0 aliphatic carbocycles. The zero-order valence-electron chi connectivity index (χ0n) is 33.8. The molecule has 1 amide bonds. The van der Waals surface area contributed by atoms with E-state index in [1.807, 2.05) is 19.1 Å². The van der Waals surface area contributed by atoms with Gasteiger partial charge in [0, 0.05) is 67.3 Å². The SMILES string of the molecule is COC1/C=C/OC2(C)Oc3c(C)c(O)c4c(O)c(c5c(nc6cc(C)ccn65)c4c3C2=O)NC(=O)C(C)=C/C=C/C(C)C(O)C(C)C(O)C(C)C(OC(C)=O)C1C. The van der Waals surface area contributed by atoms with Crippen LogP contribution < -0.4 is 10.1 Å². The third-order valence-electron chi connectivity index (χ3n) is 11.5. The summed E-state index contributed by atoms with van der Waals surface area (Å²) in [4.78, 5) is 45.6.